The van der Waals surface area contributed by atoms with Crippen molar-refractivity contribution in [1.82, 2.24) is 5.32 Å². The predicted molar refractivity (Wildman–Crippen MR) is 50.0 cm³/mol. The second-order valence-corrected chi connectivity index (χ2v) is 3.82. The van der Waals surface area contributed by atoms with Gasteiger partial charge in [-0.05, 0) is 25.2 Å². The molecule has 1 amide bonds. The van der Waals surface area contributed by atoms with E-state index in [2.05, 4.69) is 5.32 Å². The molecule has 13 heavy (non-hydrogen) atoms. The van der Waals surface area contributed by atoms with Gasteiger partial charge in [-0.3, -0.25) is 4.79 Å². The molecule has 4 nitrogen and oxygen atoms in total. The largest absolute Gasteiger partial charge is 0.393 e. The summed E-state index contributed by atoms with van der Waals surface area (Å²) in [5.74, 6) is 0.243. The molecule has 0 radical (unpaired) electrons. The Labute approximate surface area is 78.5 Å². The van der Waals surface area contributed by atoms with Gasteiger partial charge in [0.1, 0.15) is 0 Å². The monoisotopic (exact) mass is 186 g/mol. The number of aliphatic hydroxyl groups excluding tert-OH is 1. The van der Waals surface area contributed by atoms with Crippen LogP contribution in [0.1, 0.15) is 26.2 Å². The summed E-state index contributed by atoms with van der Waals surface area (Å²) in [5, 5.41) is 12.2. The van der Waals surface area contributed by atoms with E-state index >= 15 is 0 Å². The van der Waals surface area contributed by atoms with E-state index in [1.54, 1.807) is 0 Å². The molecule has 1 fully saturated rings. The van der Waals surface area contributed by atoms with Gasteiger partial charge in [-0.25, -0.2) is 0 Å². The molecule has 76 valence electrons. The van der Waals surface area contributed by atoms with Gasteiger partial charge in [-0.15, -0.1) is 0 Å². The van der Waals surface area contributed by atoms with Crippen LogP contribution in [0.25, 0.3) is 0 Å². The fourth-order valence-corrected chi connectivity index (χ4v) is 1.85. The van der Waals surface area contributed by atoms with Gasteiger partial charge in [0.05, 0.1) is 12.6 Å². The maximum atomic E-state index is 11.0. The highest BCUT2D eigenvalue weighted by Gasteiger charge is 2.26. The molecule has 1 rings (SSSR count). The average Bonchev–Trinajstić information content (AvgIpc) is 2.09. The molecule has 3 atom stereocenters. The summed E-state index contributed by atoms with van der Waals surface area (Å²) in [4.78, 5) is 11.0. The molecule has 0 spiro atoms. The molecule has 1 aliphatic carbocycles. The molecule has 1 saturated carbocycles. The Hall–Kier alpha value is -0.610. The topological polar surface area (TPSA) is 75.3 Å². The minimum Gasteiger partial charge on any atom is -0.393 e. The molecule has 1 aliphatic rings. The van der Waals surface area contributed by atoms with Gasteiger partial charge in [0.2, 0.25) is 5.91 Å². The normalized spacial score (nSPS) is 34.2. The van der Waals surface area contributed by atoms with Gasteiger partial charge in [0.15, 0.2) is 0 Å². The number of nitrogens with two attached hydrogens (primary N) is 1. The third kappa shape index (κ3) is 2.97. The van der Waals surface area contributed by atoms with E-state index in [0.29, 0.717) is 5.92 Å². The maximum Gasteiger partial charge on any atom is 0.233 e. The van der Waals surface area contributed by atoms with Gasteiger partial charge in [0.25, 0.3) is 0 Å². The van der Waals surface area contributed by atoms with Crippen molar-refractivity contribution in [3.05, 3.63) is 0 Å². The first-order valence-corrected chi connectivity index (χ1v) is 4.81. The lowest BCUT2D eigenvalue weighted by Crippen LogP contribution is -2.45. The van der Waals surface area contributed by atoms with E-state index in [1.807, 2.05) is 6.92 Å². The van der Waals surface area contributed by atoms with Crippen LogP contribution in [0.5, 0.6) is 0 Å². The van der Waals surface area contributed by atoms with Crippen molar-refractivity contribution >= 4 is 5.91 Å². The fraction of sp³-hybridized carbons (Fsp3) is 0.889. The van der Waals surface area contributed by atoms with Crippen LogP contribution in [0.15, 0.2) is 0 Å². The predicted octanol–water partition coefficient (Wildman–Crippen LogP) is -0.389. The molecule has 0 aromatic heterocycles. The zero-order chi connectivity index (χ0) is 9.84. The lowest BCUT2D eigenvalue weighted by Gasteiger charge is -2.32. The molecule has 1 unspecified atom stereocenters. The second-order valence-electron chi connectivity index (χ2n) is 3.82. The smallest absolute Gasteiger partial charge is 0.233 e. The maximum absolute atomic E-state index is 11.0. The number of rotatable bonds is 2. The van der Waals surface area contributed by atoms with Crippen LogP contribution in [0.2, 0.25) is 0 Å². The van der Waals surface area contributed by atoms with Crippen LogP contribution < -0.4 is 11.1 Å². The Balaban J connectivity index is 2.38. The van der Waals surface area contributed by atoms with Crippen LogP contribution in [0, 0.1) is 5.92 Å². The van der Waals surface area contributed by atoms with Gasteiger partial charge in [-0.2, -0.15) is 0 Å². The molecule has 4 heteroatoms. The van der Waals surface area contributed by atoms with Crippen molar-refractivity contribution in [3.63, 3.8) is 0 Å². The molecule has 0 bridgehead atoms. The highest BCUT2D eigenvalue weighted by atomic mass is 16.3. The number of amides is 1. The van der Waals surface area contributed by atoms with Gasteiger partial charge < -0.3 is 16.2 Å². The molecule has 4 N–H and O–H groups in total. The molecular weight excluding hydrogens is 168 g/mol. The summed E-state index contributed by atoms with van der Waals surface area (Å²) >= 11 is 0. The van der Waals surface area contributed by atoms with Crippen molar-refractivity contribution in [2.45, 2.75) is 38.3 Å². The zero-order valence-corrected chi connectivity index (χ0v) is 7.99. The lowest BCUT2D eigenvalue weighted by atomic mass is 9.84. The minimum absolute atomic E-state index is 0.0474. The molecule has 0 heterocycles. The first kappa shape index (κ1) is 10.5. The van der Waals surface area contributed by atoms with Crippen LogP contribution in [0.4, 0.5) is 0 Å². The highest BCUT2D eigenvalue weighted by Crippen LogP contribution is 2.24. The third-order valence-corrected chi connectivity index (χ3v) is 2.67. The Bertz CT molecular complexity index is 184. The number of aliphatic hydroxyl groups is 1. The highest BCUT2D eigenvalue weighted by molar-refractivity contribution is 5.78. The fourth-order valence-electron chi connectivity index (χ4n) is 1.85. The van der Waals surface area contributed by atoms with Crippen molar-refractivity contribution < 1.29 is 9.90 Å². The molecule has 0 saturated heterocycles. The Morgan fingerprint density at radius 3 is 2.85 bits per heavy atom. The summed E-state index contributed by atoms with van der Waals surface area (Å²) in [6.45, 7) is 2.09. The molecular formula is C9H18N2O2. The SMILES string of the molecule is C[C@@H]1C[C@@H](O)CCC1NC(=O)CN. The lowest BCUT2D eigenvalue weighted by molar-refractivity contribution is -0.121. The summed E-state index contributed by atoms with van der Waals surface area (Å²) in [6.07, 6.45) is 2.21. The molecule has 0 aromatic carbocycles. The van der Waals surface area contributed by atoms with E-state index in [-0.39, 0.29) is 24.6 Å². The average molecular weight is 186 g/mol. The van der Waals surface area contributed by atoms with Crippen LogP contribution in [-0.2, 0) is 4.79 Å². The number of carbonyl (C=O) groups is 1. The summed E-state index contributed by atoms with van der Waals surface area (Å²) in [7, 11) is 0. The number of carbonyl (C=O) groups excluding carboxylic acids is 1. The van der Waals surface area contributed by atoms with Gasteiger partial charge >= 0.3 is 0 Å². The number of hydrogen-bond acceptors (Lipinski definition) is 3. The van der Waals surface area contributed by atoms with E-state index in [0.717, 1.165) is 19.3 Å². The van der Waals surface area contributed by atoms with Crippen molar-refractivity contribution in [2.75, 3.05) is 6.54 Å². The van der Waals surface area contributed by atoms with E-state index in [1.165, 1.54) is 0 Å². The van der Waals surface area contributed by atoms with Crippen LogP contribution in [0.3, 0.4) is 0 Å². The quantitative estimate of drug-likeness (QED) is 0.550. The van der Waals surface area contributed by atoms with Gasteiger partial charge in [0, 0.05) is 6.04 Å². The Morgan fingerprint density at radius 2 is 2.31 bits per heavy atom. The summed E-state index contributed by atoms with van der Waals surface area (Å²) in [6, 6.07) is 0.194. The zero-order valence-electron chi connectivity index (χ0n) is 7.99. The first-order chi connectivity index (χ1) is 6.13. The van der Waals surface area contributed by atoms with Crippen LogP contribution in [-0.4, -0.2) is 29.7 Å². The van der Waals surface area contributed by atoms with Crippen molar-refractivity contribution in [3.8, 4) is 0 Å². The summed E-state index contributed by atoms with van der Waals surface area (Å²) < 4.78 is 0. The Kier molecular flexibility index (Phi) is 3.69. The van der Waals surface area contributed by atoms with E-state index in [9.17, 15) is 9.90 Å². The third-order valence-electron chi connectivity index (χ3n) is 2.67. The summed E-state index contributed by atoms with van der Waals surface area (Å²) in [5.41, 5.74) is 5.20. The van der Waals surface area contributed by atoms with E-state index < -0.39 is 0 Å². The number of hydrogen-bond donors (Lipinski definition) is 3. The second kappa shape index (κ2) is 4.58. The number of nitrogens with one attached hydrogen (secondary N) is 1. The standard InChI is InChI=1S/C9H18N2O2/c1-6-4-7(12)2-3-8(6)11-9(13)5-10/h6-8,12H,2-5,10H2,1H3,(H,11,13)/t6-,7+,8?/m1/s1. The van der Waals surface area contributed by atoms with Crippen molar-refractivity contribution in [2.24, 2.45) is 11.7 Å². The Morgan fingerprint density at radius 1 is 1.62 bits per heavy atom. The molecule has 0 aromatic rings. The van der Waals surface area contributed by atoms with Crippen molar-refractivity contribution in [1.29, 1.82) is 0 Å². The van der Waals surface area contributed by atoms with Crippen LogP contribution >= 0.6 is 0 Å². The van der Waals surface area contributed by atoms with Gasteiger partial charge in [-0.1, -0.05) is 6.92 Å². The minimum atomic E-state index is -0.193. The van der Waals surface area contributed by atoms with E-state index in [4.69, 9.17) is 5.73 Å². The first-order valence-electron chi connectivity index (χ1n) is 4.81. The molecule has 0 aliphatic heterocycles.